The lowest BCUT2D eigenvalue weighted by Crippen LogP contribution is -2.36. The maximum atomic E-state index is 11.8. The molecule has 0 saturated carbocycles. The second-order valence-electron chi connectivity index (χ2n) is 11.7. The maximum Gasteiger partial charge on any atom is 0.153 e. The van der Waals surface area contributed by atoms with Crippen molar-refractivity contribution in [2.24, 2.45) is 0 Å². The first-order valence-corrected chi connectivity index (χ1v) is 16.2. The summed E-state index contributed by atoms with van der Waals surface area (Å²) in [6, 6.07) is 41.6. The average Bonchev–Trinajstić information content (AvgIpc) is 3.14. The molecule has 0 fully saturated rings. The van der Waals surface area contributed by atoms with E-state index in [2.05, 4.69) is 41.3 Å². The Morgan fingerprint density at radius 1 is 0.688 bits per heavy atom. The number of hydrogen-bond acceptors (Lipinski definition) is 7. The van der Waals surface area contributed by atoms with E-state index in [1.54, 1.807) is 32.4 Å². The Kier molecular flexibility index (Phi) is 12.6. The van der Waals surface area contributed by atoms with Crippen LogP contribution in [0.25, 0.3) is 0 Å². The van der Waals surface area contributed by atoms with Crippen molar-refractivity contribution in [1.82, 2.24) is 4.90 Å². The molecule has 0 aliphatic heterocycles. The van der Waals surface area contributed by atoms with Gasteiger partial charge in [-0.15, -0.1) is 0 Å². The standard InChI is InChI=1S/C41H43NO6/c1-45-37-17-13-33(14-18-37)40(34-15-19-38(46-2)20-16-34)23-24-42(26-31-9-5-3-6-10-31)27-36(44)30-47-39-21-22-41(35(25-39)28-43)48-29-32-11-7-4-8-12-32/h3-22,25,28,36,40,44H,23-24,26-27,29-30H2,1-2H3/t36-/m0/s1. The van der Waals surface area contributed by atoms with E-state index in [-0.39, 0.29) is 12.5 Å². The number of benzene rings is 5. The normalized spacial score (nSPS) is 11.7. The van der Waals surface area contributed by atoms with Crippen molar-refractivity contribution in [2.45, 2.75) is 31.6 Å². The molecule has 5 aromatic carbocycles. The second-order valence-corrected chi connectivity index (χ2v) is 11.7. The molecular weight excluding hydrogens is 602 g/mol. The molecule has 0 heterocycles. The van der Waals surface area contributed by atoms with Crippen LogP contribution in [0.15, 0.2) is 127 Å². The number of nitrogens with zero attached hydrogens (tertiary/aromatic N) is 1. The lowest BCUT2D eigenvalue weighted by molar-refractivity contribution is 0.0647. The molecule has 248 valence electrons. The number of aliphatic hydroxyl groups excluding tert-OH is 1. The van der Waals surface area contributed by atoms with Gasteiger partial charge in [-0.05, 0) is 77.7 Å². The molecule has 5 rings (SSSR count). The zero-order valence-electron chi connectivity index (χ0n) is 27.5. The summed E-state index contributed by atoms with van der Waals surface area (Å²) in [7, 11) is 3.34. The molecule has 1 atom stereocenters. The van der Waals surface area contributed by atoms with Crippen LogP contribution in [0.3, 0.4) is 0 Å². The van der Waals surface area contributed by atoms with Gasteiger partial charge in [0.05, 0.1) is 19.8 Å². The monoisotopic (exact) mass is 645 g/mol. The second kappa shape index (κ2) is 17.7. The van der Waals surface area contributed by atoms with E-state index in [0.717, 1.165) is 41.9 Å². The lowest BCUT2D eigenvalue weighted by Gasteiger charge is -2.28. The Bertz CT molecular complexity index is 1630. The van der Waals surface area contributed by atoms with E-state index in [9.17, 15) is 9.90 Å². The summed E-state index contributed by atoms with van der Waals surface area (Å²) >= 11 is 0. The predicted octanol–water partition coefficient (Wildman–Crippen LogP) is 7.56. The maximum absolute atomic E-state index is 11.8. The molecule has 0 aromatic heterocycles. The fraction of sp³-hybridized carbons (Fsp3) is 0.244. The van der Waals surface area contributed by atoms with Gasteiger partial charge in [-0.1, -0.05) is 84.9 Å². The average molecular weight is 646 g/mol. The van der Waals surface area contributed by atoms with E-state index in [1.165, 1.54) is 11.1 Å². The molecule has 0 aliphatic carbocycles. The molecule has 0 radical (unpaired) electrons. The van der Waals surface area contributed by atoms with Gasteiger partial charge < -0.3 is 24.1 Å². The van der Waals surface area contributed by atoms with Crippen LogP contribution in [0.5, 0.6) is 23.0 Å². The van der Waals surface area contributed by atoms with Gasteiger partial charge >= 0.3 is 0 Å². The zero-order valence-corrected chi connectivity index (χ0v) is 27.5. The highest BCUT2D eigenvalue weighted by Gasteiger charge is 2.19. The fourth-order valence-electron chi connectivity index (χ4n) is 5.70. The van der Waals surface area contributed by atoms with Crippen LogP contribution in [-0.4, -0.2) is 56.3 Å². The molecule has 0 aliphatic rings. The minimum Gasteiger partial charge on any atom is -0.497 e. The number of aliphatic hydroxyl groups is 1. The Morgan fingerprint density at radius 3 is 1.81 bits per heavy atom. The summed E-state index contributed by atoms with van der Waals surface area (Å²) in [5.41, 5.74) is 4.94. The van der Waals surface area contributed by atoms with Crippen LogP contribution >= 0.6 is 0 Å². The smallest absolute Gasteiger partial charge is 0.153 e. The SMILES string of the molecule is COc1ccc(C(CCN(Cc2ccccc2)C[C@H](O)COc2ccc(OCc3ccccc3)c(C=O)c2)c2ccc(OC)cc2)cc1. The molecule has 0 spiro atoms. The Balaban J connectivity index is 1.25. The topological polar surface area (TPSA) is 77.5 Å². The van der Waals surface area contributed by atoms with Gasteiger partial charge in [0, 0.05) is 19.0 Å². The third-order valence-electron chi connectivity index (χ3n) is 8.28. The summed E-state index contributed by atoms with van der Waals surface area (Å²) in [4.78, 5) is 14.1. The number of carbonyl (C=O) groups is 1. The summed E-state index contributed by atoms with van der Waals surface area (Å²) in [6.45, 7) is 2.26. The van der Waals surface area contributed by atoms with Crippen LogP contribution in [0.2, 0.25) is 0 Å². The molecule has 5 aromatic rings. The van der Waals surface area contributed by atoms with E-state index in [1.807, 2.05) is 72.8 Å². The van der Waals surface area contributed by atoms with Crippen molar-refractivity contribution in [3.63, 3.8) is 0 Å². The Labute approximate surface area is 283 Å². The molecule has 48 heavy (non-hydrogen) atoms. The number of ether oxygens (including phenoxy) is 4. The van der Waals surface area contributed by atoms with E-state index >= 15 is 0 Å². The van der Waals surface area contributed by atoms with Gasteiger partial charge in [-0.3, -0.25) is 9.69 Å². The molecule has 0 amide bonds. The highest BCUT2D eigenvalue weighted by atomic mass is 16.5. The Morgan fingerprint density at radius 2 is 1.25 bits per heavy atom. The number of methoxy groups -OCH3 is 2. The predicted molar refractivity (Wildman–Crippen MR) is 188 cm³/mol. The minimum absolute atomic E-state index is 0.0776. The van der Waals surface area contributed by atoms with Crippen LogP contribution < -0.4 is 18.9 Å². The van der Waals surface area contributed by atoms with E-state index in [0.29, 0.717) is 36.8 Å². The van der Waals surface area contributed by atoms with Gasteiger partial charge in [0.1, 0.15) is 42.3 Å². The van der Waals surface area contributed by atoms with Crippen LogP contribution in [0.4, 0.5) is 0 Å². The highest BCUT2D eigenvalue weighted by Crippen LogP contribution is 2.31. The van der Waals surface area contributed by atoms with Crippen molar-refractivity contribution in [1.29, 1.82) is 0 Å². The number of hydrogen-bond donors (Lipinski definition) is 1. The molecule has 0 saturated heterocycles. The van der Waals surface area contributed by atoms with Crippen molar-refractivity contribution >= 4 is 6.29 Å². The first kappa shape index (κ1) is 34.2. The van der Waals surface area contributed by atoms with Crippen molar-refractivity contribution < 1.29 is 28.8 Å². The van der Waals surface area contributed by atoms with Gasteiger partial charge in [0.25, 0.3) is 0 Å². The molecule has 0 bridgehead atoms. The van der Waals surface area contributed by atoms with Gasteiger partial charge in [0.2, 0.25) is 0 Å². The largest absolute Gasteiger partial charge is 0.497 e. The summed E-state index contributed by atoms with van der Waals surface area (Å²) in [6.07, 6.45) is 0.822. The van der Waals surface area contributed by atoms with Crippen molar-refractivity contribution in [2.75, 3.05) is 33.9 Å². The number of aldehydes is 1. The molecule has 7 heteroatoms. The van der Waals surface area contributed by atoms with Gasteiger partial charge in [0.15, 0.2) is 6.29 Å². The summed E-state index contributed by atoms with van der Waals surface area (Å²) in [5.74, 6) is 2.74. The summed E-state index contributed by atoms with van der Waals surface area (Å²) in [5, 5.41) is 11.2. The third kappa shape index (κ3) is 9.94. The van der Waals surface area contributed by atoms with Crippen LogP contribution in [0, 0.1) is 0 Å². The van der Waals surface area contributed by atoms with E-state index < -0.39 is 6.10 Å². The first-order chi connectivity index (χ1) is 23.5. The van der Waals surface area contributed by atoms with E-state index in [4.69, 9.17) is 18.9 Å². The van der Waals surface area contributed by atoms with Gasteiger partial charge in [-0.25, -0.2) is 0 Å². The lowest BCUT2D eigenvalue weighted by atomic mass is 9.88. The quantitative estimate of drug-likeness (QED) is 0.0986. The summed E-state index contributed by atoms with van der Waals surface area (Å²) < 4.78 is 22.7. The van der Waals surface area contributed by atoms with Gasteiger partial charge in [-0.2, -0.15) is 0 Å². The fourth-order valence-corrected chi connectivity index (χ4v) is 5.70. The molecule has 1 N–H and O–H groups in total. The Hall–Kier alpha value is -5.11. The third-order valence-corrected chi connectivity index (χ3v) is 8.28. The molecule has 7 nitrogen and oxygen atoms in total. The zero-order chi connectivity index (χ0) is 33.6. The molecular formula is C41H43NO6. The minimum atomic E-state index is -0.761. The van der Waals surface area contributed by atoms with Crippen LogP contribution in [0.1, 0.15) is 45.0 Å². The highest BCUT2D eigenvalue weighted by molar-refractivity contribution is 5.80. The van der Waals surface area contributed by atoms with Crippen molar-refractivity contribution in [3.8, 4) is 23.0 Å². The first-order valence-electron chi connectivity index (χ1n) is 16.2. The number of rotatable bonds is 18. The number of carbonyl (C=O) groups excluding carboxylic acids is 1. The van der Waals surface area contributed by atoms with Crippen LogP contribution in [-0.2, 0) is 13.2 Å². The molecule has 0 unspecified atom stereocenters. The van der Waals surface area contributed by atoms with Crippen molar-refractivity contribution in [3.05, 3.63) is 155 Å².